The fourth-order valence-corrected chi connectivity index (χ4v) is 3.33. The molecule has 28 heavy (non-hydrogen) atoms. The van der Waals surface area contributed by atoms with E-state index >= 15 is 0 Å². The Kier molecular flexibility index (Phi) is 5.25. The summed E-state index contributed by atoms with van der Waals surface area (Å²) in [4.78, 5) is 19.7. The second-order valence-electron chi connectivity index (χ2n) is 7.52. The van der Waals surface area contributed by atoms with Gasteiger partial charge in [0.05, 0.1) is 15.6 Å². The van der Waals surface area contributed by atoms with E-state index in [2.05, 4.69) is 9.82 Å². The van der Waals surface area contributed by atoms with Gasteiger partial charge in [-0.1, -0.05) is 30.3 Å². The summed E-state index contributed by atoms with van der Waals surface area (Å²) < 4.78 is 38.7. The van der Waals surface area contributed by atoms with Crippen LogP contribution in [0.3, 0.4) is 0 Å². The molecule has 0 spiro atoms. The summed E-state index contributed by atoms with van der Waals surface area (Å²) in [5, 5.41) is 0.0140. The van der Waals surface area contributed by atoms with E-state index in [1.165, 1.54) is 32.9 Å². The first kappa shape index (κ1) is 20.0. The van der Waals surface area contributed by atoms with Crippen LogP contribution >= 0.6 is 0 Å². The van der Waals surface area contributed by atoms with Crippen LogP contribution in [0.1, 0.15) is 32.2 Å². The predicted molar refractivity (Wildman–Crippen MR) is 108 cm³/mol. The van der Waals surface area contributed by atoms with E-state index in [1.54, 1.807) is 0 Å². The highest BCUT2D eigenvalue weighted by Gasteiger charge is 2.30. The maximum Gasteiger partial charge on any atom is 0.280 e. The molecule has 0 saturated heterocycles. The van der Waals surface area contributed by atoms with Gasteiger partial charge in [-0.05, 0) is 51.0 Å². The molecule has 8 heteroatoms. The Bertz CT molecular complexity index is 1170. The van der Waals surface area contributed by atoms with Crippen LogP contribution in [0.15, 0.2) is 53.3 Å². The number of rotatable bonds is 5. The number of fused-ring (bicyclic) bond motifs is 1. The van der Waals surface area contributed by atoms with Crippen molar-refractivity contribution in [2.75, 3.05) is 4.83 Å². The molecular formula is C20H22FN3O3S. The lowest BCUT2D eigenvalue weighted by molar-refractivity contribution is 0.556. The number of sulfonamides is 1. The van der Waals surface area contributed by atoms with Crippen molar-refractivity contribution in [1.82, 2.24) is 9.66 Å². The minimum absolute atomic E-state index is 0.0140. The Labute approximate surface area is 163 Å². The van der Waals surface area contributed by atoms with Gasteiger partial charge in [-0.3, -0.25) is 4.79 Å². The van der Waals surface area contributed by atoms with Gasteiger partial charge in [-0.25, -0.2) is 22.6 Å². The molecule has 6 nitrogen and oxygen atoms in total. The molecule has 3 aromatic rings. The fraction of sp³-hybridized carbons (Fsp3) is 0.300. The number of nitrogens with zero attached hydrogens (tertiary/aromatic N) is 2. The summed E-state index contributed by atoms with van der Waals surface area (Å²) in [6.45, 7) is 4.58. The van der Waals surface area contributed by atoms with E-state index in [-0.39, 0.29) is 11.2 Å². The first-order valence-electron chi connectivity index (χ1n) is 8.86. The Morgan fingerprint density at radius 1 is 1.07 bits per heavy atom. The van der Waals surface area contributed by atoms with Gasteiger partial charge in [0.1, 0.15) is 11.6 Å². The van der Waals surface area contributed by atoms with Crippen LogP contribution in [0.5, 0.6) is 0 Å². The fourth-order valence-electron chi connectivity index (χ4n) is 2.62. The van der Waals surface area contributed by atoms with Crippen LogP contribution in [0, 0.1) is 5.82 Å². The SMILES string of the molecule is CC(C)(C)S(=O)(=O)Nn1c(CCc2ccccc2)nc2ccc(F)cc2c1=O. The zero-order chi connectivity index (χ0) is 20.5. The van der Waals surface area contributed by atoms with E-state index in [1.807, 2.05) is 30.3 Å². The number of benzene rings is 2. The number of halogens is 1. The van der Waals surface area contributed by atoms with Crippen LogP contribution in [-0.4, -0.2) is 22.8 Å². The van der Waals surface area contributed by atoms with Crippen molar-refractivity contribution < 1.29 is 12.8 Å². The quantitative estimate of drug-likeness (QED) is 0.710. The van der Waals surface area contributed by atoms with Crippen molar-refractivity contribution in [1.29, 1.82) is 0 Å². The molecule has 0 fully saturated rings. The lowest BCUT2D eigenvalue weighted by Crippen LogP contribution is -2.43. The highest BCUT2D eigenvalue weighted by atomic mass is 32.2. The summed E-state index contributed by atoms with van der Waals surface area (Å²) >= 11 is 0. The molecular weight excluding hydrogens is 381 g/mol. The smallest absolute Gasteiger partial charge is 0.267 e. The van der Waals surface area contributed by atoms with Crippen LogP contribution in [0.4, 0.5) is 4.39 Å². The Morgan fingerprint density at radius 3 is 2.39 bits per heavy atom. The molecule has 0 amide bonds. The molecule has 3 rings (SSSR count). The predicted octanol–water partition coefficient (Wildman–Crippen LogP) is 2.99. The number of hydrogen-bond acceptors (Lipinski definition) is 4. The molecule has 0 aliphatic rings. The monoisotopic (exact) mass is 403 g/mol. The number of nitrogens with one attached hydrogen (secondary N) is 1. The molecule has 1 heterocycles. The van der Waals surface area contributed by atoms with Gasteiger partial charge in [-0.2, -0.15) is 4.68 Å². The molecule has 0 saturated carbocycles. The van der Waals surface area contributed by atoms with Crippen LogP contribution in [0.25, 0.3) is 10.9 Å². The molecule has 0 bridgehead atoms. The first-order valence-corrected chi connectivity index (χ1v) is 10.3. The third-order valence-electron chi connectivity index (χ3n) is 4.40. The molecule has 0 aliphatic heterocycles. The van der Waals surface area contributed by atoms with Gasteiger partial charge in [0.25, 0.3) is 15.6 Å². The van der Waals surface area contributed by atoms with Crippen LogP contribution < -0.4 is 10.4 Å². The lowest BCUT2D eigenvalue weighted by atomic mass is 10.1. The minimum Gasteiger partial charge on any atom is -0.267 e. The van der Waals surface area contributed by atoms with Crippen molar-refractivity contribution in [3.63, 3.8) is 0 Å². The number of aromatic nitrogens is 2. The van der Waals surface area contributed by atoms with E-state index in [4.69, 9.17) is 0 Å². The van der Waals surface area contributed by atoms with Crippen LogP contribution in [-0.2, 0) is 22.9 Å². The van der Waals surface area contributed by atoms with Crippen molar-refractivity contribution in [3.05, 3.63) is 76.1 Å². The largest absolute Gasteiger partial charge is 0.280 e. The summed E-state index contributed by atoms with van der Waals surface area (Å²) in [6, 6.07) is 13.3. The Morgan fingerprint density at radius 2 is 1.75 bits per heavy atom. The standard InChI is InChI=1S/C20H22FN3O3S/c1-20(2,3)28(26,27)23-24-18(12-9-14-7-5-4-6-8-14)22-17-11-10-15(21)13-16(17)19(24)25/h4-8,10-11,13,23H,9,12H2,1-3H3. The summed E-state index contributed by atoms with van der Waals surface area (Å²) in [5.74, 6) is -0.325. The lowest BCUT2D eigenvalue weighted by Gasteiger charge is -2.23. The van der Waals surface area contributed by atoms with Gasteiger partial charge in [0.15, 0.2) is 0 Å². The average Bonchev–Trinajstić information content (AvgIpc) is 2.63. The Hall–Kier alpha value is -2.74. The van der Waals surface area contributed by atoms with Crippen molar-refractivity contribution in [3.8, 4) is 0 Å². The third kappa shape index (κ3) is 4.06. The molecule has 2 aromatic carbocycles. The Balaban J connectivity index is 2.12. The van der Waals surface area contributed by atoms with E-state index in [0.717, 1.165) is 16.3 Å². The maximum absolute atomic E-state index is 13.6. The highest BCUT2D eigenvalue weighted by Crippen LogP contribution is 2.16. The highest BCUT2D eigenvalue weighted by molar-refractivity contribution is 7.93. The molecule has 0 aliphatic carbocycles. The van der Waals surface area contributed by atoms with Crippen molar-refractivity contribution in [2.24, 2.45) is 0 Å². The summed E-state index contributed by atoms with van der Waals surface area (Å²) in [7, 11) is -3.88. The van der Waals surface area contributed by atoms with Gasteiger partial charge in [-0.15, -0.1) is 0 Å². The van der Waals surface area contributed by atoms with Crippen molar-refractivity contribution >= 4 is 20.9 Å². The topological polar surface area (TPSA) is 81.1 Å². The second kappa shape index (κ2) is 7.35. The summed E-state index contributed by atoms with van der Waals surface area (Å²) in [5.41, 5.74) is 0.697. The third-order valence-corrected chi connectivity index (χ3v) is 6.43. The zero-order valence-electron chi connectivity index (χ0n) is 15.9. The molecule has 1 aromatic heterocycles. The maximum atomic E-state index is 13.6. The van der Waals surface area contributed by atoms with E-state index < -0.39 is 26.1 Å². The van der Waals surface area contributed by atoms with Gasteiger partial charge in [0, 0.05) is 6.42 Å². The molecule has 0 atom stereocenters. The van der Waals surface area contributed by atoms with Crippen LogP contribution in [0.2, 0.25) is 0 Å². The molecule has 148 valence electrons. The van der Waals surface area contributed by atoms with Gasteiger partial charge < -0.3 is 0 Å². The van der Waals surface area contributed by atoms with Gasteiger partial charge in [0.2, 0.25) is 0 Å². The van der Waals surface area contributed by atoms with E-state index in [0.29, 0.717) is 18.4 Å². The normalized spacial score (nSPS) is 12.3. The molecule has 1 N–H and O–H groups in total. The number of aryl methyl sites for hydroxylation is 2. The molecule has 0 radical (unpaired) electrons. The zero-order valence-corrected chi connectivity index (χ0v) is 16.8. The first-order chi connectivity index (χ1) is 13.1. The minimum atomic E-state index is -3.88. The average molecular weight is 403 g/mol. The van der Waals surface area contributed by atoms with Crippen molar-refractivity contribution in [2.45, 2.75) is 38.4 Å². The number of hydrogen-bond donors (Lipinski definition) is 1. The molecule has 0 unspecified atom stereocenters. The van der Waals surface area contributed by atoms with E-state index in [9.17, 15) is 17.6 Å². The van der Waals surface area contributed by atoms with Gasteiger partial charge >= 0.3 is 0 Å². The summed E-state index contributed by atoms with van der Waals surface area (Å²) in [6.07, 6.45) is 0.899. The second-order valence-corrected chi connectivity index (χ2v) is 9.94.